The minimum absolute atomic E-state index is 0.00625. The molecule has 0 fully saturated rings. The maximum Gasteiger partial charge on any atom is 0.338 e. The summed E-state index contributed by atoms with van der Waals surface area (Å²) >= 11 is 8.77. The zero-order valence-corrected chi connectivity index (χ0v) is 73.4. The molecule has 2 heterocycles. The van der Waals surface area contributed by atoms with E-state index >= 15 is 0 Å². The minimum Gasteiger partial charge on any atom is -0.478 e. The van der Waals surface area contributed by atoms with Gasteiger partial charge < -0.3 is 24.8 Å². The van der Waals surface area contributed by atoms with Crippen LogP contribution in [0, 0.1) is 14.3 Å². The van der Waals surface area contributed by atoms with Crippen molar-refractivity contribution in [2.45, 2.75) is 83.7 Å². The Balaban J connectivity index is 0.000000112. The fourth-order valence-corrected chi connectivity index (χ4v) is 20.2. The SMILES string of the molecule is COC(=O)c1ccc(I)c2c1CCc1ccccc1C2=O.COC(=O)c1cccc2c1CCc1cccc(I)c1C2=O.O=C(O)c1ccc2[nH]nc3c2c1CCc1ccccc1-3.O=C(O)c1cccc2c1CCc1cccc3[nH]nc-2c13.O=C1c2cccc(CO)c2CCc2cccc(I)c21.O=Cc1cccc2c1CCc1cccc(I)c1C2=O. The van der Waals surface area contributed by atoms with E-state index in [1.165, 1.54) is 25.3 Å². The number of hydrogen-bond acceptors (Lipinski definition) is 14. The highest BCUT2D eigenvalue weighted by atomic mass is 127. The molecule has 6 aliphatic rings. The number of hydrogen-bond donors (Lipinski definition) is 5. The second kappa shape index (κ2) is 36.7. The zero-order valence-electron chi connectivity index (χ0n) is 64.8. The monoisotopic (exact) mass is 2040 g/mol. The predicted molar refractivity (Wildman–Crippen MR) is 492 cm³/mol. The lowest BCUT2D eigenvalue weighted by Crippen LogP contribution is -2.12. The second-order valence-electron chi connectivity index (χ2n) is 29.2. The molecule has 5 N–H and O–H groups in total. The molecule has 0 amide bonds. The van der Waals surface area contributed by atoms with Crippen molar-refractivity contribution >= 4 is 165 Å². The number of ketones is 4. The number of esters is 2. The van der Waals surface area contributed by atoms with E-state index in [-0.39, 0.29) is 41.7 Å². The second-order valence-corrected chi connectivity index (χ2v) is 33.9. The third-order valence-corrected chi connectivity index (χ3v) is 26.4. The number of aldehydes is 1. The van der Waals surface area contributed by atoms with E-state index in [9.17, 15) is 58.5 Å². The summed E-state index contributed by atoms with van der Waals surface area (Å²) in [5, 5.41) is 45.1. The van der Waals surface area contributed by atoms with E-state index in [0.29, 0.717) is 57.3 Å². The van der Waals surface area contributed by atoms with Crippen molar-refractivity contribution in [2.75, 3.05) is 14.2 Å². The number of carbonyl (C=O) groups excluding carboxylic acids is 7. The Hall–Kier alpha value is -11.3. The predicted octanol–water partition coefficient (Wildman–Crippen LogP) is 19.4. The van der Waals surface area contributed by atoms with Gasteiger partial charge in [-0.05, 0) is 300 Å². The van der Waals surface area contributed by atoms with Gasteiger partial charge >= 0.3 is 23.9 Å². The summed E-state index contributed by atoms with van der Waals surface area (Å²) in [6.07, 6.45) is 10.00. The number of nitrogens with one attached hydrogen (secondary N) is 2. The summed E-state index contributed by atoms with van der Waals surface area (Å²) < 4.78 is 13.5. The molecule has 2 aromatic heterocycles. The van der Waals surface area contributed by atoms with Gasteiger partial charge in [0.2, 0.25) is 0 Å². The van der Waals surface area contributed by atoms with Crippen LogP contribution in [-0.2, 0) is 93.1 Å². The number of aliphatic hydroxyl groups is 1. The number of carboxylic acids is 2. The maximum absolute atomic E-state index is 12.9. The number of aromatic nitrogens is 4. The number of aliphatic hydroxyl groups excluding tert-OH is 1. The quantitative estimate of drug-likeness (QED) is 0.0587. The summed E-state index contributed by atoms with van der Waals surface area (Å²) in [5.74, 6) is -2.41. The molecular weight excluding hydrogens is 1960 g/mol. The van der Waals surface area contributed by atoms with Gasteiger partial charge in [0.1, 0.15) is 17.7 Å². The molecule has 12 aromatic carbocycles. The highest BCUT2D eigenvalue weighted by molar-refractivity contribution is 14.1. The number of methoxy groups -OCH3 is 2. The number of aromatic amines is 2. The summed E-state index contributed by atoms with van der Waals surface area (Å²) in [6, 6.07) is 68.4. The molecule has 6 aliphatic carbocycles. The average Bonchev–Trinajstić information content (AvgIpc) is 1.60. The van der Waals surface area contributed by atoms with Crippen LogP contribution in [0.3, 0.4) is 0 Å². The fraction of sp³-hybridized carbons (Fsp3) is 0.153. The standard InChI is InChI=1S/2C17H13IO3.C16H13IO2.C16H11IO2.2C16H12N2O2/c1-21-17(20)13-6-3-5-12-11(13)9-8-10-4-2-7-14(18)15(10)16(12)19;1-21-17(20)13-8-9-14(18)15-12(13)7-6-10-4-2-3-5-11(10)16(15)19;2*17-14-6-2-3-10-7-8-12-11(9-18)4-1-5-13(12)16(19)15(10)14;19-16(20)12-5-2-4-11-10(12)8-7-9-3-1-6-13-14(9)15(11)18-17-13;19-16(20)12-7-8-13-14-11(12)6-5-9-3-1-2-4-10(9)15(14)18-17-13/h2-7H,8-9H2,1H3;2-5,8-9H,6-7H2,1H3;1-6,18H,7-9H2;1-6,9H,7-8H2;1-6H,7-8H2,(H,17,18)(H,19,20);1-4,7-8H,5-6H2,(H,17,18)(H,19,20). The molecule has 0 saturated heterocycles. The molecule has 18 nitrogen and oxygen atoms in total. The van der Waals surface area contributed by atoms with Gasteiger partial charge in [0, 0.05) is 86.3 Å². The molecule has 22 heteroatoms. The number of aryl methyl sites for hydroxylation is 7. The Kier molecular flexibility index (Phi) is 25.6. The van der Waals surface area contributed by atoms with Gasteiger partial charge in [-0.15, -0.1) is 0 Å². The smallest absolute Gasteiger partial charge is 0.338 e. The van der Waals surface area contributed by atoms with Crippen LogP contribution in [0.15, 0.2) is 218 Å². The molecule has 0 atom stereocenters. The molecule has 0 saturated carbocycles. The summed E-state index contributed by atoms with van der Waals surface area (Å²) in [5.41, 5.74) is 26.7. The van der Waals surface area contributed by atoms with Crippen LogP contribution in [0.25, 0.3) is 44.3 Å². The van der Waals surface area contributed by atoms with E-state index in [4.69, 9.17) is 9.47 Å². The van der Waals surface area contributed by atoms with Crippen LogP contribution >= 0.6 is 90.4 Å². The lowest BCUT2D eigenvalue weighted by Gasteiger charge is -2.12. The van der Waals surface area contributed by atoms with Crippen molar-refractivity contribution in [3.8, 4) is 22.5 Å². The van der Waals surface area contributed by atoms with Gasteiger partial charge in [-0.25, -0.2) is 19.2 Å². The number of aromatic carboxylic acids is 2. The number of H-pyrrole nitrogens is 2. The third-order valence-electron chi connectivity index (χ3n) is 22.8. The number of fused-ring (bicyclic) bond motifs is 12. The largest absolute Gasteiger partial charge is 0.478 e. The first-order valence-electron chi connectivity index (χ1n) is 38.8. The molecule has 0 aliphatic heterocycles. The van der Waals surface area contributed by atoms with Crippen LogP contribution in [-0.4, -0.2) is 103 Å². The Morgan fingerprint density at radius 2 is 0.725 bits per heavy atom. The van der Waals surface area contributed by atoms with Crippen molar-refractivity contribution in [3.63, 3.8) is 0 Å². The van der Waals surface area contributed by atoms with Gasteiger partial charge in [0.05, 0.1) is 54.1 Å². The number of benzene rings is 12. The Morgan fingerprint density at radius 1 is 0.350 bits per heavy atom. The van der Waals surface area contributed by atoms with Crippen molar-refractivity contribution < 1.29 is 67.9 Å². The highest BCUT2D eigenvalue weighted by Gasteiger charge is 2.32. The first-order chi connectivity index (χ1) is 58.2. The van der Waals surface area contributed by atoms with Gasteiger partial charge in [0.25, 0.3) is 0 Å². The molecule has 598 valence electrons. The molecule has 0 spiro atoms. The van der Waals surface area contributed by atoms with Crippen LogP contribution in [0.5, 0.6) is 0 Å². The Bertz CT molecular complexity index is 6580. The van der Waals surface area contributed by atoms with Crippen molar-refractivity contribution in [3.05, 3.63) is 377 Å². The van der Waals surface area contributed by atoms with E-state index in [2.05, 4.69) is 123 Å². The van der Waals surface area contributed by atoms with Gasteiger partial charge in [0.15, 0.2) is 23.1 Å². The first-order valence-corrected chi connectivity index (χ1v) is 43.1. The van der Waals surface area contributed by atoms with Crippen LogP contribution < -0.4 is 0 Å². The Morgan fingerprint density at radius 3 is 1.30 bits per heavy atom. The van der Waals surface area contributed by atoms with Crippen molar-refractivity contribution in [1.82, 2.24) is 20.4 Å². The average molecular weight is 2040 g/mol. The highest BCUT2D eigenvalue weighted by Crippen LogP contribution is 2.41. The lowest BCUT2D eigenvalue weighted by molar-refractivity contribution is 0.0590. The number of ether oxygens (including phenoxy) is 2. The maximum atomic E-state index is 12.9. The van der Waals surface area contributed by atoms with Crippen molar-refractivity contribution in [2.24, 2.45) is 0 Å². The zero-order chi connectivity index (χ0) is 84.2. The lowest BCUT2D eigenvalue weighted by atomic mass is 9.95. The number of nitrogens with zero attached hydrogens (tertiary/aromatic N) is 2. The molecular formula is C98H74I4N4O14. The van der Waals surface area contributed by atoms with Crippen LogP contribution in [0.4, 0.5) is 0 Å². The van der Waals surface area contributed by atoms with E-state index in [0.717, 1.165) is 218 Å². The molecule has 0 bridgehead atoms. The van der Waals surface area contributed by atoms with Gasteiger partial charge in [-0.2, -0.15) is 10.2 Å². The minimum atomic E-state index is -0.875. The molecule has 0 unspecified atom stereocenters. The van der Waals surface area contributed by atoms with Gasteiger partial charge in [-0.1, -0.05) is 158 Å². The van der Waals surface area contributed by atoms with E-state index < -0.39 is 11.9 Å². The Labute approximate surface area is 744 Å². The van der Waals surface area contributed by atoms with Gasteiger partial charge in [-0.3, -0.25) is 34.2 Å². The first kappa shape index (κ1) is 83.7. The van der Waals surface area contributed by atoms with Crippen LogP contribution in [0.1, 0.15) is 188 Å². The molecule has 14 aromatic rings. The molecule has 120 heavy (non-hydrogen) atoms. The summed E-state index contributed by atoms with van der Waals surface area (Å²) in [7, 11) is 2.72. The normalized spacial score (nSPS) is 13.2. The third kappa shape index (κ3) is 16.5. The number of halogens is 4. The van der Waals surface area contributed by atoms with Crippen molar-refractivity contribution in [1.29, 1.82) is 0 Å². The molecule has 20 rings (SSSR count). The fourth-order valence-electron chi connectivity index (χ4n) is 17.1. The molecule has 0 radical (unpaired) electrons. The van der Waals surface area contributed by atoms with E-state index in [1.54, 1.807) is 66.7 Å². The number of carbonyl (C=O) groups is 9. The number of carboxylic acid groups (broad SMARTS) is 2. The summed E-state index contributed by atoms with van der Waals surface area (Å²) in [6.45, 7) is -0.0100. The number of rotatable bonds is 6. The van der Waals surface area contributed by atoms with Crippen LogP contribution in [0.2, 0.25) is 0 Å². The van der Waals surface area contributed by atoms with E-state index in [1.807, 2.05) is 140 Å². The summed E-state index contributed by atoms with van der Waals surface area (Å²) in [4.78, 5) is 109. The topological polar surface area (TPSA) is 290 Å².